The van der Waals surface area contributed by atoms with Gasteiger partial charge < -0.3 is 35.1 Å². The molecule has 1 aromatic heterocycles. The van der Waals surface area contributed by atoms with Crippen LogP contribution in [0.2, 0.25) is 0 Å². The molecule has 2 amide bonds. The van der Waals surface area contributed by atoms with E-state index in [-0.39, 0.29) is 31.0 Å². The van der Waals surface area contributed by atoms with Crippen LogP contribution in [0.25, 0.3) is 0 Å². The Morgan fingerprint density at radius 1 is 0.913 bits per heavy atom. The maximum atomic E-state index is 12.8. The molecular formula is C31H38F3N7O5. The summed E-state index contributed by atoms with van der Waals surface area (Å²) < 4.78 is 54.7. The van der Waals surface area contributed by atoms with Crippen molar-refractivity contribution in [2.45, 2.75) is 58.4 Å². The number of aromatic nitrogens is 3. The summed E-state index contributed by atoms with van der Waals surface area (Å²) in [7, 11) is 0. The van der Waals surface area contributed by atoms with Crippen molar-refractivity contribution >= 4 is 29.6 Å². The average Bonchev–Trinajstić information content (AvgIpc) is 2.99. The van der Waals surface area contributed by atoms with Gasteiger partial charge in [0.25, 0.3) is 5.91 Å². The number of amides is 2. The zero-order chi connectivity index (χ0) is 33.2. The van der Waals surface area contributed by atoms with Crippen molar-refractivity contribution in [2.75, 3.05) is 43.5 Å². The molecule has 0 fully saturated rings. The molecule has 0 unspecified atom stereocenters. The molecule has 6 bridgehead atoms. The van der Waals surface area contributed by atoms with Crippen LogP contribution in [0.15, 0.2) is 48.5 Å². The third kappa shape index (κ3) is 11.6. The lowest BCUT2D eigenvalue weighted by Crippen LogP contribution is -2.39. The Bertz CT molecular complexity index is 1450. The highest BCUT2D eigenvalue weighted by atomic mass is 19.4. The SMILES string of the molecule is CC(C)(C)OC(=O)N1CCCCCNC(=O)c2ccc(cc2)Nc2nc(nc(OCC(F)(F)F)n2)NCc2ccc(cc2)OCC1. The molecule has 12 nitrogen and oxygen atoms in total. The number of nitrogens with one attached hydrogen (secondary N) is 3. The Labute approximate surface area is 265 Å². The number of halogens is 3. The van der Waals surface area contributed by atoms with Crippen molar-refractivity contribution in [3.05, 3.63) is 59.7 Å². The summed E-state index contributed by atoms with van der Waals surface area (Å²) in [4.78, 5) is 39.3. The molecule has 6 rings (SSSR count). The van der Waals surface area contributed by atoms with Gasteiger partial charge in [0, 0.05) is 30.9 Å². The zero-order valence-electron chi connectivity index (χ0n) is 25.9. The fourth-order valence-corrected chi connectivity index (χ4v) is 4.22. The molecule has 15 heteroatoms. The first-order valence-electron chi connectivity index (χ1n) is 14.9. The van der Waals surface area contributed by atoms with E-state index in [1.807, 2.05) is 32.9 Å². The van der Waals surface area contributed by atoms with Crippen LogP contribution in [0, 0.1) is 0 Å². The second-order valence-corrected chi connectivity index (χ2v) is 11.5. The van der Waals surface area contributed by atoms with E-state index in [0.29, 0.717) is 43.1 Å². The lowest BCUT2D eigenvalue weighted by atomic mass is 10.2. The van der Waals surface area contributed by atoms with Crippen molar-refractivity contribution in [1.29, 1.82) is 0 Å². The predicted molar refractivity (Wildman–Crippen MR) is 164 cm³/mol. The van der Waals surface area contributed by atoms with Gasteiger partial charge in [-0.05, 0) is 82.0 Å². The highest BCUT2D eigenvalue weighted by Gasteiger charge is 2.29. The van der Waals surface area contributed by atoms with Crippen LogP contribution in [0.3, 0.4) is 0 Å². The van der Waals surface area contributed by atoms with E-state index in [1.54, 1.807) is 41.3 Å². The van der Waals surface area contributed by atoms with Crippen LogP contribution < -0.4 is 25.4 Å². The number of benzene rings is 2. The Morgan fingerprint density at radius 3 is 2.33 bits per heavy atom. The minimum absolute atomic E-state index is 0.0150. The summed E-state index contributed by atoms with van der Waals surface area (Å²) in [5.74, 6) is 0.265. The Morgan fingerprint density at radius 2 is 1.63 bits per heavy atom. The molecule has 4 heterocycles. The molecule has 3 aromatic rings. The summed E-state index contributed by atoms with van der Waals surface area (Å²) in [6, 6.07) is 13.1. The van der Waals surface area contributed by atoms with Crippen LogP contribution >= 0.6 is 0 Å². The van der Waals surface area contributed by atoms with E-state index in [1.165, 1.54) is 0 Å². The summed E-state index contributed by atoms with van der Waals surface area (Å²) in [6.45, 7) is 5.59. The second kappa shape index (κ2) is 15.5. The average molecular weight is 646 g/mol. The molecule has 0 atom stereocenters. The molecule has 46 heavy (non-hydrogen) atoms. The van der Waals surface area contributed by atoms with Gasteiger partial charge >= 0.3 is 18.3 Å². The van der Waals surface area contributed by atoms with Gasteiger partial charge in [-0.3, -0.25) is 4.79 Å². The fourth-order valence-electron chi connectivity index (χ4n) is 4.22. The van der Waals surface area contributed by atoms with E-state index in [9.17, 15) is 22.8 Å². The number of alkyl halides is 3. The first kappa shape index (κ1) is 34.1. The lowest BCUT2D eigenvalue weighted by molar-refractivity contribution is -0.154. The van der Waals surface area contributed by atoms with E-state index in [2.05, 4.69) is 30.9 Å². The Kier molecular flexibility index (Phi) is 11.4. The van der Waals surface area contributed by atoms with Crippen molar-refractivity contribution in [3.63, 3.8) is 0 Å². The minimum Gasteiger partial charge on any atom is -0.492 e. The van der Waals surface area contributed by atoms with Gasteiger partial charge in [-0.25, -0.2) is 4.79 Å². The number of anilines is 3. The molecule has 0 saturated carbocycles. The van der Waals surface area contributed by atoms with Crippen LogP contribution in [-0.2, 0) is 11.3 Å². The van der Waals surface area contributed by atoms with Gasteiger partial charge in [-0.15, -0.1) is 0 Å². The first-order valence-corrected chi connectivity index (χ1v) is 14.9. The van der Waals surface area contributed by atoms with Gasteiger partial charge in [0.05, 0.1) is 6.54 Å². The van der Waals surface area contributed by atoms with Crippen molar-refractivity contribution in [2.24, 2.45) is 0 Å². The van der Waals surface area contributed by atoms with E-state index >= 15 is 0 Å². The largest absolute Gasteiger partial charge is 0.492 e. The second-order valence-electron chi connectivity index (χ2n) is 11.5. The predicted octanol–water partition coefficient (Wildman–Crippen LogP) is 5.70. The number of carbonyl (C=O) groups is 2. The van der Waals surface area contributed by atoms with Crippen LogP contribution in [-0.4, -0.2) is 76.5 Å². The summed E-state index contributed by atoms with van der Waals surface area (Å²) in [6.07, 6.45) is -2.79. The first-order chi connectivity index (χ1) is 21.8. The molecule has 0 radical (unpaired) electrons. The molecule has 3 aliphatic heterocycles. The molecule has 0 saturated heterocycles. The number of hydrogen-bond acceptors (Lipinski definition) is 10. The van der Waals surface area contributed by atoms with Gasteiger partial charge in [0.15, 0.2) is 6.61 Å². The van der Waals surface area contributed by atoms with Crippen molar-refractivity contribution < 1.29 is 37.0 Å². The third-order valence-corrected chi connectivity index (χ3v) is 6.43. The van der Waals surface area contributed by atoms with E-state index in [0.717, 1.165) is 18.4 Å². The van der Waals surface area contributed by atoms with Crippen LogP contribution in [0.5, 0.6) is 11.8 Å². The molecule has 2 aromatic carbocycles. The molecule has 3 N–H and O–H groups in total. The van der Waals surface area contributed by atoms with Crippen LogP contribution in [0.4, 0.5) is 35.5 Å². The minimum atomic E-state index is -4.58. The highest BCUT2D eigenvalue weighted by molar-refractivity contribution is 5.94. The molecule has 248 valence electrons. The van der Waals surface area contributed by atoms with E-state index in [4.69, 9.17) is 14.2 Å². The van der Waals surface area contributed by atoms with Crippen LogP contribution in [0.1, 0.15) is 56.0 Å². The standard InChI is InChI=1S/C31H38F3N7O5/c1-30(2,3)46-29(43)41-16-6-4-5-15-35-25(42)22-9-11-23(12-10-22)37-27-38-26(39-28(40-27)45-20-31(32,33)34)36-19-21-7-13-24(14-8-21)44-18-17-41/h7-14H,4-6,15-20H2,1-3H3,(H,35,42)(H2,36,37,38,39,40). The highest BCUT2D eigenvalue weighted by Crippen LogP contribution is 2.21. The Hall–Kier alpha value is -4.82. The van der Waals surface area contributed by atoms with Gasteiger partial charge in [-0.2, -0.15) is 28.1 Å². The summed E-state index contributed by atoms with van der Waals surface area (Å²) >= 11 is 0. The lowest BCUT2D eigenvalue weighted by Gasteiger charge is -2.27. The summed E-state index contributed by atoms with van der Waals surface area (Å²) in [5.41, 5.74) is 1.09. The third-order valence-electron chi connectivity index (χ3n) is 6.43. The number of nitrogens with zero attached hydrogens (tertiary/aromatic N) is 4. The maximum absolute atomic E-state index is 12.8. The number of rotatable bonds is 2. The molecule has 0 aliphatic carbocycles. The van der Waals surface area contributed by atoms with Gasteiger partial charge in [-0.1, -0.05) is 12.1 Å². The number of ether oxygens (including phenoxy) is 3. The molecular weight excluding hydrogens is 607 g/mol. The monoisotopic (exact) mass is 645 g/mol. The quantitative estimate of drug-likeness (QED) is 0.318. The number of hydrogen-bond donors (Lipinski definition) is 3. The Balaban J connectivity index is 1.52. The topological polar surface area (TPSA) is 140 Å². The maximum Gasteiger partial charge on any atom is 0.422 e. The van der Waals surface area contributed by atoms with Crippen molar-refractivity contribution in [3.8, 4) is 11.8 Å². The van der Waals surface area contributed by atoms with E-state index < -0.39 is 30.5 Å². The summed E-state index contributed by atoms with van der Waals surface area (Å²) in [5, 5.41) is 8.77. The fraction of sp³-hybridized carbons (Fsp3) is 0.452. The van der Waals surface area contributed by atoms with Gasteiger partial charge in [0.2, 0.25) is 11.9 Å². The molecule has 3 aliphatic rings. The smallest absolute Gasteiger partial charge is 0.422 e. The number of carbonyl (C=O) groups excluding carboxylic acids is 2. The normalized spacial score (nSPS) is 15.3. The van der Waals surface area contributed by atoms with Crippen molar-refractivity contribution in [1.82, 2.24) is 25.2 Å². The molecule has 0 spiro atoms. The number of fused-ring (bicyclic) bond motifs is 2. The zero-order valence-corrected chi connectivity index (χ0v) is 25.9. The van der Waals surface area contributed by atoms with Gasteiger partial charge in [0.1, 0.15) is 18.0 Å².